The molecule has 2 aromatic carbocycles. The summed E-state index contributed by atoms with van der Waals surface area (Å²) in [6.45, 7) is 8.05. The van der Waals surface area contributed by atoms with E-state index in [1.807, 2.05) is 30.3 Å². The standard InChI is InChI=1S/C26H27NO6S/c1-15(25(28)29)32-23-16(7-6-8-20(23)30-5)13-31-18-9-10-19-17(11-18)12-21(33-19)24-27-22(14-34-24)26(2,3)4/h6-12,14-15H,13H2,1-5H3,(H,28,29). The van der Waals surface area contributed by atoms with E-state index in [9.17, 15) is 9.90 Å². The first kappa shape index (κ1) is 23.6. The van der Waals surface area contributed by atoms with Crippen LogP contribution in [0.3, 0.4) is 0 Å². The van der Waals surface area contributed by atoms with Gasteiger partial charge in [0.15, 0.2) is 28.4 Å². The van der Waals surface area contributed by atoms with Gasteiger partial charge in [-0.3, -0.25) is 0 Å². The van der Waals surface area contributed by atoms with Crippen molar-refractivity contribution in [1.82, 2.24) is 4.98 Å². The van der Waals surface area contributed by atoms with Crippen LogP contribution in [0.2, 0.25) is 0 Å². The largest absolute Gasteiger partial charge is 0.493 e. The number of carboxylic acid groups (broad SMARTS) is 1. The number of aromatic nitrogens is 1. The number of para-hydroxylation sites is 1. The van der Waals surface area contributed by atoms with E-state index in [1.165, 1.54) is 14.0 Å². The molecule has 1 atom stereocenters. The van der Waals surface area contributed by atoms with Crippen LogP contribution in [0.5, 0.6) is 17.2 Å². The van der Waals surface area contributed by atoms with E-state index in [-0.39, 0.29) is 12.0 Å². The third-order valence-corrected chi connectivity index (χ3v) is 6.15. The molecule has 0 bridgehead atoms. The van der Waals surface area contributed by atoms with Crippen molar-refractivity contribution < 1.29 is 28.5 Å². The summed E-state index contributed by atoms with van der Waals surface area (Å²) in [5, 5.41) is 13.0. The molecule has 0 amide bonds. The van der Waals surface area contributed by atoms with Gasteiger partial charge in [0.25, 0.3) is 0 Å². The van der Waals surface area contributed by atoms with Crippen LogP contribution in [0.25, 0.3) is 21.7 Å². The molecule has 178 valence electrons. The lowest BCUT2D eigenvalue weighted by molar-refractivity contribution is -0.144. The number of furan rings is 1. The summed E-state index contributed by atoms with van der Waals surface area (Å²) < 4.78 is 23.0. The maximum atomic E-state index is 11.3. The average Bonchev–Trinajstić information content (AvgIpc) is 3.45. The minimum Gasteiger partial charge on any atom is -0.493 e. The summed E-state index contributed by atoms with van der Waals surface area (Å²) in [4.78, 5) is 16.0. The van der Waals surface area contributed by atoms with Crippen molar-refractivity contribution in [2.24, 2.45) is 0 Å². The third kappa shape index (κ3) is 5.02. The van der Waals surface area contributed by atoms with Crippen LogP contribution in [0.1, 0.15) is 39.0 Å². The summed E-state index contributed by atoms with van der Waals surface area (Å²) in [6, 6.07) is 12.9. The number of carboxylic acids is 1. The zero-order valence-corrected chi connectivity index (χ0v) is 20.6. The van der Waals surface area contributed by atoms with Gasteiger partial charge < -0.3 is 23.7 Å². The topological polar surface area (TPSA) is 91.0 Å². The van der Waals surface area contributed by atoms with Crippen LogP contribution < -0.4 is 14.2 Å². The van der Waals surface area contributed by atoms with Crippen LogP contribution >= 0.6 is 11.3 Å². The molecule has 0 spiro atoms. The zero-order chi connectivity index (χ0) is 24.5. The summed E-state index contributed by atoms with van der Waals surface area (Å²) in [5.41, 5.74) is 2.44. The zero-order valence-electron chi connectivity index (χ0n) is 19.7. The molecule has 2 aromatic heterocycles. The molecular formula is C26H27NO6S. The molecule has 0 aliphatic rings. The van der Waals surface area contributed by atoms with Gasteiger partial charge >= 0.3 is 5.97 Å². The molecule has 8 heteroatoms. The minimum atomic E-state index is -1.06. The normalized spacial score (nSPS) is 12.5. The molecule has 0 fully saturated rings. The number of hydrogen-bond donors (Lipinski definition) is 1. The Morgan fingerprint density at radius 3 is 2.68 bits per heavy atom. The summed E-state index contributed by atoms with van der Waals surface area (Å²) in [5.74, 6) is 1.11. The molecule has 0 saturated heterocycles. The van der Waals surface area contributed by atoms with E-state index in [4.69, 9.17) is 23.6 Å². The van der Waals surface area contributed by atoms with Crippen LogP contribution in [0, 0.1) is 0 Å². The molecule has 34 heavy (non-hydrogen) atoms. The second-order valence-electron chi connectivity index (χ2n) is 8.93. The first-order valence-corrected chi connectivity index (χ1v) is 11.7. The van der Waals surface area contributed by atoms with E-state index in [0.29, 0.717) is 22.8 Å². The lowest BCUT2D eigenvalue weighted by Gasteiger charge is -2.17. The number of thiazole rings is 1. The van der Waals surface area contributed by atoms with Crippen molar-refractivity contribution in [3.63, 3.8) is 0 Å². The van der Waals surface area contributed by atoms with Crippen molar-refractivity contribution in [3.8, 4) is 28.0 Å². The number of methoxy groups -OCH3 is 1. The highest BCUT2D eigenvalue weighted by Gasteiger charge is 2.20. The minimum absolute atomic E-state index is 0.0211. The Kier molecular flexibility index (Phi) is 6.52. The fourth-order valence-corrected chi connectivity index (χ4v) is 4.30. The monoisotopic (exact) mass is 481 g/mol. The Morgan fingerprint density at radius 2 is 2.00 bits per heavy atom. The first-order chi connectivity index (χ1) is 16.2. The van der Waals surface area contributed by atoms with Crippen molar-refractivity contribution >= 4 is 28.3 Å². The number of fused-ring (bicyclic) bond motifs is 1. The molecule has 4 aromatic rings. The molecule has 7 nitrogen and oxygen atoms in total. The van der Waals surface area contributed by atoms with Gasteiger partial charge in [0.1, 0.15) is 17.9 Å². The number of aliphatic carboxylic acids is 1. The van der Waals surface area contributed by atoms with E-state index >= 15 is 0 Å². The Hall–Kier alpha value is -3.52. The SMILES string of the molecule is COc1cccc(COc2ccc3oc(-c4nc(C(C)(C)C)cs4)cc3c2)c1OC(C)C(=O)O. The Bertz CT molecular complexity index is 1320. The van der Waals surface area contributed by atoms with Crippen LogP contribution in [-0.2, 0) is 16.8 Å². The smallest absolute Gasteiger partial charge is 0.344 e. The number of carbonyl (C=O) groups is 1. The molecule has 2 heterocycles. The predicted molar refractivity (Wildman–Crippen MR) is 131 cm³/mol. The molecular weight excluding hydrogens is 454 g/mol. The number of rotatable bonds is 8. The summed E-state index contributed by atoms with van der Waals surface area (Å²) >= 11 is 1.56. The fourth-order valence-electron chi connectivity index (χ4n) is 3.31. The maximum Gasteiger partial charge on any atom is 0.344 e. The van der Waals surface area contributed by atoms with Crippen molar-refractivity contribution in [1.29, 1.82) is 0 Å². The summed E-state index contributed by atoms with van der Waals surface area (Å²) in [6.07, 6.45) is -1.03. The van der Waals surface area contributed by atoms with Crippen LogP contribution in [0.4, 0.5) is 0 Å². The lowest BCUT2D eigenvalue weighted by Crippen LogP contribution is -2.23. The van der Waals surface area contributed by atoms with Gasteiger partial charge in [-0.1, -0.05) is 32.9 Å². The number of hydrogen-bond acceptors (Lipinski definition) is 7. The van der Waals surface area contributed by atoms with Gasteiger partial charge in [-0.05, 0) is 37.3 Å². The maximum absolute atomic E-state index is 11.3. The highest BCUT2D eigenvalue weighted by atomic mass is 32.1. The van der Waals surface area contributed by atoms with Crippen LogP contribution in [0.15, 0.2) is 52.3 Å². The van der Waals surface area contributed by atoms with Gasteiger partial charge in [-0.15, -0.1) is 11.3 Å². The van der Waals surface area contributed by atoms with E-state index in [0.717, 1.165) is 27.4 Å². The van der Waals surface area contributed by atoms with Gasteiger partial charge in [-0.2, -0.15) is 0 Å². The number of ether oxygens (including phenoxy) is 3. The highest BCUT2D eigenvalue weighted by molar-refractivity contribution is 7.13. The highest BCUT2D eigenvalue weighted by Crippen LogP contribution is 2.36. The lowest BCUT2D eigenvalue weighted by atomic mass is 9.93. The van der Waals surface area contributed by atoms with E-state index in [2.05, 4.69) is 26.2 Å². The second-order valence-corrected chi connectivity index (χ2v) is 9.79. The molecule has 1 unspecified atom stereocenters. The predicted octanol–water partition coefficient (Wildman–Crippen LogP) is 6.29. The van der Waals surface area contributed by atoms with Gasteiger partial charge in [0.05, 0.1) is 12.8 Å². The quantitative estimate of drug-likeness (QED) is 0.316. The van der Waals surface area contributed by atoms with Crippen molar-refractivity contribution in [2.45, 2.75) is 45.8 Å². The number of benzene rings is 2. The third-order valence-electron chi connectivity index (χ3n) is 5.29. The van der Waals surface area contributed by atoms with Crippen molar-refractivity contribution in [3.05, 3.63) is 59.1 Å². The second kappa shape index (κ2) is 9.38. The first-order valence-electron chi connectivity index (χ1n) is 10.8. The fraction of sp³-hybridized carbons (Fsp3) is 0.308. The van der Waals surface area contributed by atoms with Gasteiger partial charge in [0, 0.05) is 21.7 Å². The molecule has 0 aliphatic heterocycles. The molecule has 0 aliphatic carbocycles. The molecule has 0 saturated carbocycles. The average molecular weight is 482 g/mol. The Morgan fingerprint density at radius 1 is 1.21 bits per heavy atom. The van der Waals surface area contributed by atoms with Crippen molar-refractivity contribution in [2.75, 3.05) is 7.11 Å². The molecule has 0 radical (unpaired) electrons. The van der Waals surface area contributed by atoms with Gasteiger partial charge in [-0.25, -0.2) is 9.78 Å². The molecule has 4 rings (SSSR count). The van der Waals surface area contributed by atoms with E-state index < -0.39 is 12.1 Å². The Labute approximate surface area is 201 Å². The Balaban J connectivity index is 1.55. The van der Waals surface area contributed by atoms with Crippen LogP contribution in [-0.4, -0.2) is 29.3 Å². The number of nitrogens with zero attached hydrogens (tertiary/aromatic N) is 1. The summed E-state index contributed by atoms with van der Waals surface area (Å²) in [7, 11) is 1.51. The van der Waals surface area contributed by atoms with Gasteiger partial charge in [0.2, 0.25) is 0 Å². The molecule has 1 N–H and O–H groups in total. The van der Waals surface area contributed by atoms with E-state index in [1.54, 1.807) is 23.5 Å².